The molecule has 0 saturated heterocycles. The standard InChI is InChI=1S/C4H9NO4.ClH/c5-1-2(6)3(7)4(8)9;/h2-3,6-7H,1,5H2,(H,8,9);1H/t2-,3-;/m1./s1. The Morgan fingerprint density at radius 2 is 1.90 bits per heavy atom. The van der Waals surface area contributed by atoms with Crippen molar-refractivity contribution >= 4 is 18.4 Å². The van der Waals surface area contributed by atoms with E-state index in [1.54, 1.807) is 0 Å². The zero-order chi connectivity index (χ0) is 7.44. The highest BCUT2D eigenvalue weighted by atomic mass is 35.5. The Labute approximate surface area is 63.9 Å². The first kappa shape index (κ1) is 12.3. The lowest BCUT2D eigenvalue weighted by Crippen LogP contribution is -2.38. The molecule has 0 aromatic rings. The van der Waals surface area contributed by atoms with E-state index in [1.807, 2.05) is 0 Å². The van der Waals surface area contributed by atoms with Crippen LogP contribution >= 0.6 is 12.4 Å². The molecule has 0 aliphatic rings. The summed E-state index contributed by atoms with van der Waals surface area (Å²) in [5.74, 6) is -1.46. The second-order valence-corrected chi connectivity index (χ2v) is 1.59. The minimum atomic E-state index is -1.77. The van der Waals surface area contributed by atoms with Crippen LogP contribution in [0.15, 0.2) is 0 Å². The topological polar surface area (TPSA) is 104 Å². The normalized spacial score (nSPS) is 15.1. The van der Waals surface area contributed by atoms with Crippen LogP contribution in [0.3, 0.4) is 0 Å². The van der Waals surface area contributed by atoms with Crippen molar-refractivity contribution in [2.45, 2.75) is 12.2 Å². The van der Waals surface area contributed by atoms with Gasteiger partial charge in [-0.3, -0.25) is 0 Å². The molecule has 62 valence electrons. The number of aliphatic hydroxyl groups is 2. The number of carboxylic acids is 1. The summed E-state index contributed by atoms with van der Waals surface area (Å²) in [6, 6.07) is 0. The van der Waals surface area contributed by atoms with Gasteiger partial charge < -0.3 is 21.1 Å². The molecule has 0 amide bonds. The van der Waals surface area contributed by atoms with Crippen LogP contribution in [0, 0.1) is 0 Å². The molecule has 0 spiro atoms. The van der Waals surface area contributed by atoms with Gasteiger partial charge in [-0.15, -0.1) is 12.4 Å². The van der Waals surface area contributed by atoms with Gasteiger partial charge in [0.05, 0.1) is 0 Å². The van der Waals surface area contributed by atoms with Gasteiger partial charge in [0.15, 0.2) is 6.10 Å². The Morgan fingerprint density at radius 1 is 1.50 bits per heavy atom. The van der Waals surface area contributed by atoms with Crippen molar-refractivity contribution in [1.82, 2.24) is 0 Å². The third kappa shape index (κ3) is 3.62. The third-order valence-corrected chi connectivity index (χ3v) is 0.859. The number of carbonyl (C=O) groups is 1. The van der Waals surface area contributed by atoms with Gasteiger partial charge in [0.25, 0.3) is 0 Å². The lowest BCUT2D eigenvalue weighted by atomic mass is 10.2. The minimum Gasteiger partial charge on any atom is -0.479 e. The summed E-state index contributed by atoms with van der Waals surface area (Å²) in [5.41, 5.74) is 4.84. The van der Waals surface area contributed by atoms with Gasteiger partial charge in [0, 0.05) is 6.54 Å². The summed E-state index contributed by atoms with van der Waals surface area (Å²) in [6.07, 6.45) is -3.14. The van der Waals surface area contributed by atoms with Crippen LogP contribution in [0.4, 0.5) is 0 Å². The molecule has 0 fully saturated rings. The first-order valence-corrected chi connectivity index (χ1v) is 2.38. The first-order chi connectivity index (χ1) is 4.09. The monoisotopic (exact) mass is 171 g/mol. The Hall–Kier alpha value is -0.360. The van der Waals surface area contributed by atoms with Crippen molar-refractivity contribution in [3.05, 3.63) is 0 Å². The van der Waals surface area contributed by atoms with E-state index in [0.29, 0.717) is 0 Å². The molecule has 5 nitrogen and oxygen atoms in total. The van der Waals surface area contributed by atoms with Gasteiger partial charge in [0.1, 0.15) is 6.10 Å². The molecule has 10 heavy (non-hydrogen) atoms. The van der Waals surface area contributed by atoms with Crippen molar-refractivity contribution in [2.24, 2.45) is 5.73 Å². The van der Waals surface area contributed by atoms with Gasteiger partial charge >= 0.3 is 5.97 Å². The average molecular weight is 172 g/mol. The molecule has 0 saturated carbocycles. The van der Waals surface area contributed by atoms with Gasteiger partial charge in [-0.2, -0.15) is 0 Å². The SMILES string of the molecule is Cl.NC[C@@H](O)[C@@H](O)C(=O)O. The quantitative estimate of drug-likeness (QED) is 0.400. The molecule has 0 aliphatic heterocycles. The Balaban J connectivity index is 0. The molecule has 0 heterocycles. The first-order valence-electron chi connectivity index (χ1n) is 2.38. The fourth-order valence-electron chi connectivity index (χ4n) is 0.293. The van der Waals surface area contributed by atoms with Gasteiger partial charge in [-0.05, 0) is 0 Å². The van der Waals surface area contributed by atoms with E-state index in [4.69, 9.17) is 21.1 Å². The number of aliphatic carboxylic acids is 1. The molecule has 0 radical (unpaired) electrons. The molecule has 5 N–H and O–H groups in total. The lowest BCUT2D eigenvalue weighted by molar-refractivity contribution is -0.152. The van der Waals surface area contributed by atoms with E-state index in [2.05, 4.69) is 0 Å². The summed E-state index contributed by atoms with van der Waals surface area (Å²) in [6.45, 7) is -0.256. The molecule has 0 aliphatic carbocycles. The smallest absolute Gasteiger partial charge is 0.335 e. The van der Waals surface area contributed by atoms with Crippen LogP contribution in [-0.2, 0) is 4.79 Å². The summed E-state index contributed by atoms with van der Waals surface area (Å²) in [5, 5.41) is 25.0. The number of hydrogen-bond acceptors (Lipinski definition) is 4. The average Bonchev–Trinajstić information content (AvgIpc) is 1.84. The van der Waals surface area contributed by atoms with E-state index in [1.165, 1.54) is 0 Å². The zero-order valence-corrected chi connectivity index (χ0v) is 5.91. The van der Waals surface area contributed by atoms with Crippen LogP contribution in [0.1, 0.15) is 0 Å². The van der Waals surface area contributed by atoms with Crippen LogP contribution < -0.4 is 5.73 Å². The molecule has 0 bridgehead atoms. The van der Waals surface area contributed by atoms with Crippen LogP contribution in [0.5, 0.6) is 0 Å². The maximum Gasteiger partial charge on any atom is 0.335 e. The van der Waals surface area contributed by atoms with E-state index in [9.17, 15) is 4.79 Å². The Morgan fingerprint density at radius 3 is 2.00 bits per heavy atom. The fourth-order valence-corrected chi connectivity index (χ4v) is 0.293. The molecular weight excluding hydrogens is 161 g/mol. The van der Waals surface area contributed by atoms with Gasteiger partial charge in [-0.25, -0.2) is 4.79 Å². The maximum atomic E-state index is 9.83. The molecule has 2 atom stereocenters. The number of rotatable bonds is 3. The number of hydrogen-bond donors (Lipinski definition) is 4. The lowest BCUT2D eigenvalue weighted by Gasteiger charge is -2.09. The fraction of sp³-hybridized carbons (Fsp3) is 0.750. The molecule has 0 unspecified atom stereocenters. The second kappa shape index (κ2) is 5.43. The molecule has 0 aromatic heterocycles. The van der Waals surface area contributed by atoms with E-state index in [-0.39, 0.29) is 19.0 Å². The number of carboxylic acid groups (broad SMARTS) is 1. The highest BCUT2D eigenvalue weighted by Crippen LogP contribution is 1.89. The Bertz CT molecular complexity index is 109. The number of halogens is 1. The van der Waals surface area contributed by atoms with Crippen molar-refractivity contribution in [3.8, 4) is 0 Å². The molecule has 0 aromatic carbocycles. The van der Waals surface area contributed by atoms with Crippen LogP contribution in [-0.4, -0.2) is 40.0 Å². The zero-order valence-electron chi connectivity index (χ0n) is 5.10. The minimum absolute atomic E-state index is 0. The Kier molecular flexibility index (Phi) is 6.69. The van der Waals surface area contributed by atoms with Crippen LogP contribution in [0.25, 0.3) is 0 Å². The number of nitrogens with two attached hydrogens (primary N) is 1. The highest BCUT2D eigenvalue weighted by molar-refractivity contribution is 5.85. The summed E-state index contributed by atoms with van der Waals surface area (Å²) >= 11 is 0. The van der Waals surface area contributed by atoms with Gasteiger partial charge in [-0.1, -0.05) is 0 Å². The second-order valence-electron chi connectivity index (χ2n) is 1.59. The van der Waals surface area contributed by atoms with Crippen LogP contribution in [0.2, 0.25) is 0 Å². The van der Waals surface area contributed by atoms with Crippen molar-refractivity contribution in [1.29, 1.82) is 0 Å². The van der Waals surface area contributed by atoms with E-state index < -0.39 is 18.2 Å². The summed E-state index contributed by atoms with van der Waals surface area (Å²) in [7, 11) is 0. The number of aliphatic hydroxyl groups excluding tert-OH is 2. The van der Waals surface area contributed by atoms with Crippen molar-refractivity contribution < 1.29 is 20.1 Å². The van der Waals surface area contributed by atoms with Crippen molar-refractivity contribution in [2.75, 3.05) is 6.54 Å². The summed E-state index contributed by atoms with van der Waals surface area (Å²) < 4.78 is 0. The summed E-state index contributed by atoms with van der Waals surface area (Å²) in [4.78, 5) is 9.83. The maximum absolute atomic E-state index is 9.83. The van der Waals surface area contributed by atoms with Gasteiger partial charge in [0.2, 0.25) is 0 Å². The predicted molar refractivity (Wildman–Crippen MR) is 36.0 cm³/mol. The molecule has 6 heteroatoms. The van der Waals surface area contributed by atoms with E-state index in [0.717, 1.165) is 0 Å². The van der Waals surface area contributed by atoms with E-state index >= 15 is 0 Å². The van der Waals surface area contributed by atoms with Crippen molar-refractivity contribution in [3.63, 3.8) is 0 Å². The molecular formula is C4H10ClNO4. The largest absolute Gasteiger partial charge is 0.479 e. The highest BCUT2D eigenvalue weighted by Gasteiger charge is 2.21. The third-order valence-electron chi connectivity index (χ3n) is 0.859. The molecule has 0 rings (SSSR count). The predicted octanol–water partition coefficient (Wildman–Crippen LogP) is -1.83.